The molecule has 0 spiro atoms. The summed E-state index contributed by atoms with van der Waals surface area (Å²) in [5.74, 6) is 1.39. The van der Waals surface area contributed by atoms with E-state index in [9.17, 15) is 0 Å². The third kappa shape index (κ3) is 18.0. The van der Waals surface area contributed by atoms with Gasteiger partial charge in [-0.15, -0.1) is 11.4 Å². The molecule has 0 nitrogen and oxygen atoms in total. The van der Waals surface area contributed by atoms with Gasteiger partial charge in [0.15, 0.2) is 0 Å². The molecule has 0 N–H and O–H groups in total. The number of hydrogen-bond acceptors (Lipinski definition) is 1. The maximum absolute atomic E-state index is 2.28. The topological polar surface area (TPSA) is 0 Å². The molecule has 0 aromatic carbocycles. The molecule has 0 atom stereocenters. The average molecular weight is 299 g/mol. The molecule has 0 aliphatic heterocycles. The second-order valence-electron chi connectivity index (χ2n) is 3.81. The van der Waals surface area contributed by atoms with Crippen molar-refractivity contribution < 1.29 is 19.5 Å². The first kappa shape index (κ1) is 18.8. The Kier molecular flexibility index (Phi) is 22.2. The first-order valence-electron chi connectivity index (χ1n) is 6.20. The van der Waals surface area contributed by atoms with Gasteiger partial charge in [0.25, 0.3) is 0 Å². The first-order valence-corrected chi connectivity index (χ1v) is 8.87. The Morgan fingerprint density at radius 2 is 1.40 bits per heavy atom. The monoisotopic (exact) mass is 297 g/mol. The fourth-order valence-corrected chi connectivity index (χ4v) is 3.88. The predicted octanol–water partition coefficient (Wildman–Crippen LogP) is 5.74. The van der Waals surface area contributed by atoms with Crippen LogP contribution < -0.4 is 0 Å². The van der Waals surface area contributed by atoms with E-state index in [1.165, 1.54) is 63.3 Å². The standard InChI is InChI=1S/C12H26PS.Zn/c1-3-5-7-8-9-10-12-14-13-11-6-4-2;/h3-12H2,1-2H3;. The molecule has 0 bridgehead atoms. The Morgan fingerprint density at radius 3 is 2.07 bits per heavy atom. The van der Waals surface area contributed by atoms with Crippen LogP contribution in [0.3, 0.4) is 0 Å². The second kappa shape index (κ2) is 17.8. The molecule has 0 amide bonds. The summed E-state index contributed by atoms with van der Waals surface area (Å²) in [5.41, 5.74) is 0. The van der Waals surface area contributed by atoms with Gasteiger partial charge in [-0.25, -0.2) is 0 Å². The number of hydrogen-bond donors (Lipinski definition) is 0. The van der Waals surface area contributed by atoms with Crippen LogP contribution in [0.5, 0.6) is 0 Å². The van der Waals surface area contributed by atoms with Crippen molar-refractivity contribution in [1.29, 1.82) is 0 Å². The van der Waals surface area contributed by atoms with Gasteiger partial charge in [0.05, 0.1) is 0 Å². The number of unbranched alkanes of at least 4 members (excludes halogenated alkanes) is 6. The van der Waals surface area contributed by atoms with E-state index in [4.69, 9.17) is 0 Å². The van der Waals surface area contributed by atoms with Crippen molar-refractivity contribution in [3.8, 4) is 0 Å². The largest absolute Gasteiger partial charge is 0.129 e. The van der Waals surface area contributed by atoms with E-state index in [-0.39, 0.29) is 19.5 Å². The van der Waals surface area contributed by atoms with Gasteiger partial charge in [-0.1, -0.05) is 52.4 Å². The molecule has 0 rings (SSSR count). The van der Waals surface area contributed by atoms with Crippen LogP contribution in [-0.4, -0.2) is 11.9 Å². The number of rotatable bonds is 11. The van der Waals surface area contributed by atoms with Gasteiger partial charge in [0.1, 0.15) is 0 Å². The molecule has 0 aliphatic carbocycles. The van der Waals surface area contributed by atoms with Crippen LogP contribution in [0, 0.1) is 0 Å². The van der Waals surface area contributed by atoms with E-state index < -0.39 is 0 Å². The van der Waals surface area contributed by atoms with Crippen molar-refractivity contribution in [2.75, 3.05) is 11.9 Å². The smallest absolute Gasteiger partial charge is 0 e. The molecule has 0 aromatic heterocycles. The Morgan fingerprint density at radius 1 is 0.800 bits per heavy atom. The molecule has 0 saturated heterocycles. The summed E-state index contributed by atoms with van der Waals surface area (Å²) < 4.78 is 0. The van der Waals surface area contributed by atoms with Gasteiger partial charge in [-0.3, -0.25) is 0 Å². The molecule has 0 aromatic rings. The summed E-state index contributed by atoms with van der Waals surface area (Å²) in [6, 6.07) is 0. The van der Waals surface area contributed by atoms with Crippen molar-refractivity contribution in [2.45, 2.75) is 65.2 Å². The van der Waals surface area contributed by atoms with Crippen LogP contribution in [0.15, 0.2) is 0 Å². The minimum absolute atomic E-state index is 0. The quantitative estimate of drug-likeness (QED) is 0.266. The van der Waals surface area contributed by atoms with Crippen LogP contribution in [-0.2, 0) is 19.5 Å². The summed E-state index contributed by atoms with van der Waals surface area (Å²) in [7, 11) is 1.62. The molecule has 0 unspecified atom stereocenters. The van der Waals surface area contributed by atoms with Crippen molar-refractivity contribution >= 4 is 19.2 Å². The molecular weight excluding hydrogens is 273 g/mol. The molecule has 0 heterocycles. The van der Waals surface area contributed by atoms with Crippen LogP contribution in [0.1, 0.15) is 65.2 Å². The van der Waals surface area contributed by atoms with Crippen LogP contribution in [0.2, 0.25) is 0 Å². The Bertz CT molecular complexity index is 89.6. The average Bonchev–Trinajstić information content (AvgIpc) is 2.21. The summed E-state index contributed by atoms with van der Waals surface area (Å²) >= 11 is 2.13. The Balaban J connectivity index is 0. The SMILES string of the molecule is CCCCCCCCS[P]CCCC.[Zn]. The van der Waals surface area contributed by atoms with Gasteiger partial charge < -0.3 is 0 Å². The van der Waals surface area contributed by atoms with Gasteiger partial charge >= 0.3 is 0 Å². The van der Waals surface area contributed by atoms with Gasteiger partial charge in [0, 0.05) is 19.5 Å². The normalized spacial score (nSPS) is 10.8. The van der Waals surface area contributed by atoms with Crippen molar-refractivity contribution in [1.82, 2.24) is 0 Å². The fourth-order valence-electron chi connectivity index (χ4n) is 1.30. The summed E-state index contributed by atoms with van der Waals surface area (Å²) in [5, 5.41) is 0. The minimum atomic E-state index is 0. The summed E-state index contributed by atoms with van der Waals surface area (Å²) in [6.45, 7) is 4.55. The Hall–Kier alpha value is 1.40. The molecule has 15 heavy (non-hydrogen) atoms. The van der Waals surface area contributed by atoms with Crippen LogP contribution in [0.4, 0.5) is 0 Å². The van der Waals surface area contributed by atoms with E-state index in [1.807, 2.05) is 0 Å². The second-order valence-corrected chi connectivity index (χ2v) is 6.73. The minimum Gasteiger partial charge on any atom is -0.129 e. The van der Waals surface area contributed by atoms with Crippen LogP contribution >= 0.6 is 19.2 Å². The van der Waals surface area contributed by atoms with Crippen molar-refractivity contribution in [2.24, 2.45) is 0 Å². The third-order valence-electron chi connectivity index (χ3n) is 2.28. The van der Waals surface area contributed by atoms with Gasteiger partial charge in [-0.2, -0.15) is 0 Å². The molecule has 1 radical (unpaired) electrons. The van der Waals surface area contributed by atoms with Crippen molar-refractivity contribution in [3.05, 3.63) is 0 Å². The van der Waals surface area contributed by atoms with E-state index in [0.29, 0.717) is 0 Å². The van der Waals surface area contributed by atoms with Crippen molar-refractivity contribution in [3.63, 3.8) is 0 Å². The van der Waals surface area contributed by atoms with Crippen LogP contribution in [0.25, 0.3) is 0 Å². The molecular formula is C12H26PSZn. The zero-order chi connectivity index (χ0) is 10.5. The fraction of sp³-hybridized carbons (Fsp3) is 1.00. The van der Waals surface area contributed by atoms with E-state index in [0.717, 1.165) is 0 Å². The first-order chi connectivity index (χ1) is 6.91. The Labute approximate surface area is 115 Å². The molecule has 0 fully saturated rings. The van der Waals surface area contributed by atoms with E-state index in [1.54, 1.807) is 7.78 Å². The molecule has 87 valence electrons. The molecule has 3 heteroatoms. The summed E-state index contributed by atoms with van der Waals surface area (Å²) in [6.07, 6.45) is 12.8. The third-order valence-corrected chi connectivity index (χ3v) is 5.08. The van der Waals surface area contributed by atoms with E-state index in [2.05, 4.69) is 25.2 Å². The maximum Gasteiger partial charge on any atom is 0 e. The zero-order valence-corrected chi connectivity index (χ0v) is 15.3. The van der Waals surface area contributed by atoms with Gasteiger partial charge in [0.2, 0.25) is 0 Å². The zero-order valence-electron chi connectivity index (χ0n) is 10.6. The molecule has 0 saturated carbocycles. The van der Waals surface area contributed by atoms with E-state index >= 15 is 0 Å². The molecule has 0 aliphatic rings. The van der Waals surface area contributed by atoms with Gasteiger partial charge in [-0.05, 0) is 32.5 Å². The summed E-state index contributed by atoms with van der Waals surface area (Å²) in [4.78, 5) is 0. The maximum atomic E-state index is 2.28. The predicted molar refractivity (Wildman–Crippen MR) is 72.5 cm³/mol.